The monoisotopic (exact) mass is 438 g/mol. The van der Waals surface area contributed by atoms with E-state index in [0.29, 0.717) is 22.8 Å². The van der Waals surface area contributed by atoms with Crippen molar-refractivity contribution in [3.05, 3.63) is 47.1 Å². The van der Waals surface area contributed by atoms with E-state index in [4.69, 9.17) is 30.3 Å². The third-order valence-corrected chi connectivity index (χ3v) is 5.77. The molecule has 0 aliphatic carbocycles. The molecule has 0 saturated carbocycles. The Hall–Kier alpha value is -2.91. The highest BCUT2D eigenvalue weighted by Crippen LogP contribution is 2.38. The van der Waals surface area contributed by atoms with E-state index < -0.39 is 10.0 Å². The summed E-state index contributed by atoms with van der Waals surface area (Å²) in [6, 6.07) is 9.28. The van der Waals surface area contributed by atoms with Gasteiger partial charge in [-0.05, 0) is 31.2 Å². The van der Waals surface area contributed by atoms with Crippen LogP contribution in [0.5, 0.6) is 17.2 Å². The van der Waals surface area contributed by atoms with Gasteiger partial charge in [0, 0.05) is 17.7 Å². The standard InChI is InChI=1S/C19H19ClN2O6S/c1-11-7-16(28-21-11)12-5-6-15(25-2)19(8-12)29(23,24)22-14-9-13(20)17(26-3)10-18(14)27-4/h5-10,22H,1-4H3. The van der Waals surface area contributed by atoms with Crippen LogP contribution in [0.25, 0.3) is 11.3 Å². The number of rotatable bonds is 7. The zero-order valence-electron chi connectivity index (χ0n) is 16.1. The van der Waals surface area contributed by atoms with E-state index in [1.165, 1.54) is 39.5 Å². The van der Waals surface area contributed by atoms with Crippen LogP contribution in [0.2, 0.25) is 5.02 Å². The minimum absolute atomic E-state index is 0.0828. The fourth-order valence-corrected chi connectivity index (χ4v) is 4.18. The number of ether oxygens (including phenoxy) is 3. The van der Waals surface area contributed by atoms with Gasteiger partial charge in [-0.3, -0.25) is 4.72 Å². The third kappa shape index (κ3) is 4.25. The van der Waals surface area contributed by atoms with Gasteiger partial charge in [0.25, 0.3) is 10.0 Å². The molecule has 3 rings (SSSR count). The fourth-order valence-electron chi connectivity index (χ4n) is 2.68. The highest BCUT2D eigenvalue weighted by Gasteiger charge is 2.24. The Morgan fingerprint density at radius 2 is 1.66 bits per heavy atom. The van der Waals surface area contributed by atoms with Gasteiger partial charge in [0.2, 0.25) is 0 Å². The van der Waals surface area contributed by atoms with E-state index >= 15 is 0 Å². The first-order valence-corrected chi connectivity index (χ1v) is 10.2. The molecular weight excluding hydrogens is 420 g/mol. The molecule has 0 aliphatic rings. The summed E-state index contributed by atoms with van der Waals surface area (Å²) in [6.45, 7) is 1.77. The number of sulfonamides is 1. The van der Waals surface area contributed by atoms with Crippen LogP contribution in [-0.4, -0.2) is 34.9 Å². The second-order valence-electron chi connectivity index (χ2n) is 5.99. The Kier molecular flexibility index (Phi) is 5.90. The molecule has 1 aromatic heterocycles. The van der Waals surface area contributed by atoms with Crippen molar-refractivity contribution in [1.29, 1.82) is 0 Å². The molecular formula is C19H19ClN2O6S. The molecule has 0 saturated heterocycles. The molecule has 0 unspecified atom stereocenters. The molecule has 10 heteroatoms. The summed E-state index contributed by atoms with van der Waals surface area (Å²) in [4.78, 5) is -0.0828. The first kappa shape index (κ1) is 20.8. The lowest BCUT2D eigenvalue weighted by Gasteiger charge is -2.16. The summed E-state index contributed by atoms with van der Waals surface area (Å²) in [5.74, 6) is 1.20. The molecule has 1 N–H and O–H groups in total. The van der Waals surface area contributed by atoms with Crippen molar-refractivity contribution in [3.63, 3.8) is 0 Å². The zero-order chi connectivity index (χ0) is 21.2. The SMILES string of the molecule is COc1cc(OC)c(NS(=O)(=O)c2cc(-c3cc(C)no3)ccc2OC)cc1Cl. The highest BCUT2D eigenvalue weighted by atomic mass is 35.5. The van der Waals surface area contributed by atoms with E-state index in [9.17, 15) is 8.42 Å². The number of methoxy groups -OCH3 is 3. The van der Waals surface area contributed by atoms with Crippen LogP contribution >= 0.6 is 11.6 Å². The van der Waals surface area contributed by atoms with Gasteiger partial charge in [0.1, 0.15) is 22.1 Å². The molecule has 0 bridgehead atoms. The van der Waals surface area contributed by atoms with Crippen LogP contribution in [-0.2, 0) is 10.0 Å². The summed E-state index contributed by atoms with van der Waals surface area (Å²) in [5.41, 5.74) is 1.36. The number of halogens is 1. The molecule has 1 heterocycles. The number of nitrogens with one attached hydrogen (secondary N) is 1. The molecule has 0 amide bonds. The third-order valence-electron chi connectivity index (χ3n) is 4.08. The molecule has 29 heavy (non-hydrogen) atoms. The highest BCUT2D eigenvalue weighted by molar-refractivity contribution is 7.92. The Balaban J connectivity index is 2.06. The average Bonchev–Trinajstić information content (AvgIpc) is 3.13. The largest absolute Gasteiger partial charge is 0.495 e. The van der Waals surface area contributed by atoms with Gasteiger partial charge in [-0.1, -0.05) is 16.8 Å². The van der Waals surface area contributed by atoms with Crippen LogP contribution in [0.1, 0.15) is 5.69 Å². The molecule has 154 valence electrons. The molecule has 8 nitrogen and oxygen atoms in total. The molecule has 0 radical (unpaired) electrons. The quantitative estimate of drug-likeness (QED) is 0.591. The molecule has 0 fully saturated rings. The van der Waals surface area contributed by atoms with E-state index in [0.717, 1.165) is 0 Å². The van der Waals surface area contributed by atoms with Gasteiger partial charge in [0.15, 0.2) is 5.76 Å². The van der Waals surface area contributed by atoms with Gasteiger partial charge in [0.05, 0.1) is 37.7 Å². The lowest BCUT2D eigenvalue weighted by atomic mass is 10.1. The maximum atomic E-state index is 13.1. The lowest BCUT2D eigenvalue weighted by molar-refractivity contribution is 0.395. The first-order chi connectivity index (χ1) is 13.8. The van der Waals surface area contributed by atoms with Crippen molar-refractivity contribution >= 4 is 27.3 Å². The summed E-state index contributed by atoms with van der Waals surface area (Å²) in [7, 11) is 0.182. The van der Waals surface area contributed by atoms with Crippen molar-refractivity contribution in [2.24, 2.45) is 0 Å². The minimum atomic E-state index is -4.07. The van der Waals surface area contributed by atoms with Crippen LogP contribution in [0.4, 0.5) is 5.69 Å². The second-order valence-corrected chi connectivity index (χ2v) is 8.05. The summed E-state index contributed by atoms with van der Waals surface area (Å²) in [5, 5.41) is 4.06. The van der Waals surface area contributed by atoms with Crippen molar-refractivity contribution in [3.8, 4) is 28.6 Å². The van der Waals surface area contributed by atoms with E-state index in [1.54, 1.807) is 25.1 Å². The van der Waals surface area contributed by atoms with Crippen molar-refractivity contribution in [1.82, 2.24) is 5.16 Å². The molecule has 0 aliphatic heterocycles. The van der Waals surface area contributed by atoms with Crippen molar-refractivity contribution < 1.29 is 27.2 Å². The molecule has 0 atom stereocenters. The number of nitrogens with zero attached hydrogens (tertiary/aromatic N) is 1. The Labute approximate surface area is 173 Å². The Morgan fingerprint density at radius 3 is 2.24 bits per heavy atom. The van der Waals surface area contributed by atoms with Gasteiger partial charge < -0.3 is 18.7 Å². The first-order valence-electron chi connectivity index (χ1n) is 8.35. The zero-order valence-corrected chi connectivity index (χ0v) is 17.7. The summed E-state index contributed by atoms with van der Waals surface area (Å²) < 4.78 is 49.6. The van der Waals surface area contributed by atoms with Crippen molar-refractivity contribution in [2.45, 2.75) is 11.8 Å². The maximum absolute atomic E-state index is 13.1. The van der Waals surface area contributed by atoms with E-state index in [-0.39, 0.29) is 27.1 Å². The molecule has 2 aromatic carbocycles. The van der Waals surface area contributed by atoms with Crippen LogP contribution in [0.3, 0.4) is 0 Å². The summed E-state index contributed by atoms with van der Waals surface area (Å²) in [6.07, 6.45) is 0. The van der Waals surface area contributed by atoms with Gasteiger partial charge in [-0.15, -0.1) is 0 Å². The van der Waals surface area contributed by atoms with Gasteiger partial charge >= 0.3 is 0 Å². The lowest BCUT2D eigenvalue weighted by Crippen LogP contribution is -2.15. The van der Waals surface area contributed by atoms with Gasteiger partial charge in [-0.2, -0.15) is 0 Å². The van der Waals surface area contributed by atoms with Crippen molar-refractivity contribution in [2.75, 3.05) is 26.1 Å². The van der Waals surface area contributed by atoms with Crippen LogP contribution in [0.15, 0.2) is 45.8 Å². The number of hydrogen-bond acceptors (Lipinski definition) is 7. The number of benzene rings is 2. The number of hydrogen-bond donors (Lipinski definition) is 1. The van der Waals surface area contributed by atoms with E-state index in [1.807, 2.05) is 0 Å². The Morgan fingerprint density at radius 1 is 0.966 bits per heavy atom. The second kappa shape index (κ2) is 8.22. The normalized spacial score (nSPS) is 11.2. The smallest absolute Gasteiger partial charge is 0.265 e. The predicted octanol–water partition coefficient (Wildman–Crippen LogP) is 4.13. The minimum Gasteiger partial charge on any atom is -0.495 e. The van der Waals surface area contributed by atoms with Crippen LogP contribution in [0, 0.1) is 6.92 Å². The number of aryl methyl sites for hydroxylation is 1. The average molecular weight is 439 g/mol. The van der Waals surface area contributed by atoms with Gasteiger partial charge in [-0.25, -0.2) is 8.42 Å². The van der Waals surface area contributed by atoms with Crippen LogP contribution < -0.4 is 18.9 Å². The predicted molar refractivity (Wildman–Crippen MR) is 109 cm³/mol. The summed E-state index contributed by atoms with van der Waals surface area (Å²) >= 11 is 6.14. The number of aromatic nitrogens is 1. The van der Waals surface area contributed by atoms with E-state index in [2.05, 4.69) is 9.88 Å². The topological polar surface area (TPSA) is 99.9 Å². The maximum Gasteiger partial charge on any atom is 0.265 e. The fraction of sp³-hybridized carbons (Fsp3) is 0.211. The molecule has 0 spiro atoms. The molecule has 3 aromatic rings. The number of anilines is 1. The Bertz CT molecular complexity index is 1140.